The van der Waals surface area contributed by atoms with Gasteiger partial charge in [-0.2, -0.15) is 0 Å². The highest BCUT2D eigenvalue weighted by Crippen LogP contribution is 2.46. The SMILES string of the molecule is COc1cc2sc(N3C(=O)C(=O)/C(=C(/O)c4ccc5c(c4)CCO5)C3c3cccs3)nc2cc1C. The third-order valence-electron chi connectivity index (χ3n) is 6.32. The van der Waals surface area contributed by atoms with E-state index in [1.165, 1.54) is 27.6 Å². The second-order valence-electron chi connectivity index (χ2n) is 8.39. The molecule has 2 aliphatic rings. The molecule has 0 bridgehead atoms. The molecular weight excluding hydrogens is 484 g/mol. The number of hydrogen-bond acceptors (Lipinski definition) is 8. The van der Waals surface area contributed by atoms with E-state index in [0.717, 1.165) is 38.6 Å². The first-order valence-corrected chi connectivity index (χ1v) is 12.7. The smallest absolute Gasteiger partial charge is 0.301 e. The first-order valence-electron chi connectivity index (χ1n) is 11.0. The van der Waals surface area contributed by atoms with E-state index in [2.05, 4.69) is 4.98 Å². The van der Waals surface area contributed by atoms with Crippen LogP contribution in [0, 0.1) is 6.92 Å². The van der Waals surface area contributed by atoms with Gasteiger partial charge < -0.3 is 14.6 Å². The highest BCUT2D eigenvalue weighted by atomic mass is 32.1. The number of carbonyl (C=O) groups excluding carboxylic acids is 2. The number of nitrogens with zero attached hydrogens (tertiary/aromatic N) is 2. The number of aliphatic hydroxyl groups is 1. The quantitative estimate of drug-likeness (QED) is 0.232. The van der Waals surface area contributed by atoms with Crippen LogP contribution in [0.25, 0.3) is 16.0 Å². The van der Waals surface area contributed by atoms with E-state index in [0.29, 0.717) is 22.8 Å². The van der Waals surface area contributed by atoms with Crippen molar-refractivity contribution in [3.05, 3.63) is 75.0 Å². The minimum atomic E-state index is -0.775. The number of amides is 1. The molecule has 1 fully saturated rings. The Morgan fingerprint density at radius 3 is 2.86 bits per heavy atom. The van der Waals surface area contributed by atoms with Crippen molar-refractivity contribution in [2.24, 2.45) is 0 Å². The number of ketones is 1. The summed E-state index contributed by atoms with van der Waals surface area (Å²) in [5.74, 6) is -0.136. The fourth-order valence-corrected chi connectivity index (χ4v) is 6.43. The van der Waals surface area contributed by atoms with Crippen LogP contribution < -0.4 is 14.4 Å². The van der Waals surface area contributed by atoms with Crippen LogP contribution in [0.3, 0.4) is 0 Å². The molecule has 0 saturated carbocycles. The van der Waals surface area contributed by atoms with Crippen molar-refractivity contribution in [3.63, 3.8) is 0 Å². The summed E-state index contributed by atoms with van der Waals surface area (Å²) in [5.41, 5.74) is 3.15. The Morgan fingerprint density at radius 1 is 1.23 bits per heavy atom. The summed E-state index contributed by atoms with van der Waals surface area (Å²) in [4.78, 5) is 33.6. The molecule has 4 aromatic rings. The zero-order valence-corrected chi connectivity index (χ0v) is 20.5. The topological polar surface area (TPSA) is 89.0 Å². The number of hydrogen-bond donors (Lipinski definition) is 1. The number of rotatable bonds is 4. The summed E-state index contributed by atoms with van der Waals surface area (Å²) in [7, 11) is 1.61. The Hall–Kier alpha value is -3.69. The number of aromatic nitrogens is 1. The molecule has 1 unspecified atom stereocenters. The van der Waals surface area contributed by atoms with E-state index < -0.39 is 17.7 Å². The minimum absolute atomic E-state index is 0.0596. The Balaban J connectivity index is 1.52. The molecule has 0 aliphatic carbocycles. The maximum atomic E-state index is 13.4. The summed E-state index contributed by atoms with van der Waals surface area (Å²) < 4.78 is 11.8. The van der Waals surface area contributed by atoms with Crippen LogP contribution in [-0.2, 0) is 16.0 Å². The summed E-state index contributed by atoms with van der Waals surface area (Å²) in [6.07, 6.45) is 0.730. The van der Waals surface area contributed by atoms with Gasteiger partial charge >= 0.3 is 5.91 Å². The van der Waals surface area contributed by atoms with Crippen LogP contribution in [-0.4, -0.2) is 35.5 Å². The molecule has 176 valence electrons. The molecule has 1 N–H and O–H groups in total. The van der Waals surface area contributed by atoms with Gasteiger partial charge in [-0.15, -0.1) is 11.3 Å². The van der Waals surface area contributed by atoms with Crippen molar-refractivity contribution in [2.75, 3.05) is 18.6 Å². The molecule has 1 amide bonds. The second-order valence-corrected chi connectivity index (χ2v) is 10.4. The molecule has 1 atom stereocenters. The summed E-state index contributed by atoms with van der Waals surface area (Å²) in [6.45, 7) is 2.51. The van der Waals surface area contributed by atoms with E-state index in [1.807, 2.05) is 42.6 Å². The third-order valence-corrected chi connectivity index (χ3v) is 8.26. The molecule has 2 aromatic heterocycles. The fourth-order valence-electron chi connectivity index (χ4n) is 4.61. The molecule has 35 heavy (non-hydrogen) atoms. The standard InChI is InChI=1S/C26H20N2O5S2/c1-13-10-16-20(12-18(13)32-2)35-26(27-16)28-22(19-4-3-9-34-19)21(24(30)25(28)31)23(29)15-5-6-17-14(11-15)7-8-33-17/h3-6,9-12,22,29H,7-8H2,1-2H3/b23-21+. The number of methoxy groups -OCH3 is 1. The Kier molecular flexibility index (Phi) is 5.12. The van der Waals surface area contributed by atoms with Gasteiger partial charge in [0, 0.05) is 16.9 Å². The number of anilines is 1. The van der Waals surface area contributed by atoms with E-state index in [1.54, 1.807) is 19.2 Å². The van der Waals surface area contributed by atoms with E-state index in [9.17, 15) is 14.7 Å². The Morgan fingerprint density at radius 2 is 2.09 bits per heavy atom. The number of benzene rings is 2. The highest BCUT2D eigenvalue weighted by Gasteiger charge is 2.48. The number of fused-ring (bicyclic) bond motifs is 2. The lowest BCUT2D eigenvalue weighted by molar-refractivity contribution is -0.132. The van der Waals surface area contributed by atoms with Crippen LogP contribution in [0.5, 0.6) is 11.5 Å². The second kappa shape index (κ2) is 8.21. The molecule has 0 radical (unpaired) electrons. The number of aryl methyl sites for hydroxylation is 1. The first-order chi connectivity index (χ1) is 17.0. The molecule has 1 saturated heterocycles. The molecule has 2 aliphatic heterocycles. The van der Waals surface area contributed by atoms with Gasteiger partial charge in [-0.1, -0.05) is 17.4 Å². The van der Waals surface area contributed by atoms with E-state index in [-0.39, 0.29) is 11.3 Å². The zero-order valence-electron chi connectivity index (χ0n) is 18.9. The lowest BCUT2D eigenvalue weighted by Gasteiger charge is -2.21. The number of carbonyl (C=O) groups is 2. The van der Waals surface area contributed by atoms with Crippen LogP contribution in [0.2, 0.25) is 0 Å². The normalized spacial score (nSPS) is 18.8. The summed E-state index contributed by atoms with van der Waals surface area (Å²) in [5, 5.41) is 13.6. The maximum absolute atomic E-state index is 13.4. The molecule has 9 heteroatoms. The number of thiazole rings is 1. The van der Waals surface area contributed by atoms with Gasteiger partial charge in [-0.25, -0.2) is 4.98 Å². The fraction of sp³-hybridized carbons (Fsp3) is 0.192. The molecule has 2 aromatic carbocycles. The number of ether oxygens (including phenoxy) is 2. The molecule has 4 heterocycles. The van der Waals surface area contributed by atoms with E-state index >= 15 is 0 Å². The van der Waals surface area contributed by atoms with Crippen molar-refractivity contribution in [3.8, 4) is 11.5 Å². The Labute approximate surface area is 208 Å². The van der Waals surface area contributed by atoms with Gasteiger partial charge in [0.15, 0.2) is 5.13 Å². The highest BCUT2D eigenvalue weighted by molar-refractivity contribution is 7.22. The van der Waals surface area contributed by atoms with Gasteiger partial charge in [0.2, 0.25) is 0 Å². The van der Waals surface area contributed by atoms with Gasteiger partial charge in [-0.3, -0.25) is 14.5 Å². The van der Waals surface area contributed by atoms with Gasteiger partial charge in [0.05, 0.1) is 29.5 Å². The van der Waals surface area contributed by atoms with Crippen molar-refractivity contribution in [1.29, 1.82) is 0 Å². The van der Waals surface area contributed by atoms with Crippen LogP contribution in [0.1, 0.15) is 27.6 Å². The monoisotopic (exact) mass is 504 g/mol. The molecule has 0 spiro atoms. The third kappa shape index (κ3) is 3.42. The summed E-state index contributed by atoms with van der Waals surface area (Å²) in [6, 6.07) is 12.1. The average molecular weight is 505 g/mol. The zero-order chi connectivity index (χ0) is 24.3. The largest absolute Gasteiger partial charge is 0.507 e. The Bertz CT molecular complexity index is 1540. The molecule has 7 nitrogen and oxygen atoms in total. The lowest BCUT2D eigenvalue weighted by Crippen LogP contribution is -2.28. The van der Waals surface area contributed by atoms with Crippen molar-refractivity contribution in [2.45, 2.75) is 19.4 Å². The lowest BCUT2D eigenvalue weighted by atomic mass is 9.98. The van der Waals surface area contributed by atoms with Crippen molar-refractivity contribution < 1.29 is 24.2 Å². The number of aliphatic hydroxyl groups excluding tert-OH is 1. The molecular formula is C26H20N2O5S2. The maximum Gasteiger partial charge on any atom is 0.301 e. The number of thiophene rings is 1. The average Bonchev–Trinajstić information content (AvgIpc) is 3.64. The first kappa shape index (κ1) is 21.8. The van der Waals surface area contributed by atoms with Crippen molar-refractivity contribution >= 4 is 55.5 Å². The predicted octanol–water partition coefficient (Wildman–Crippen LogP) is 5.24. The van der Waals surface area contributed by atoms with Gasteiger partial charge in [-0.05, 0) is 59.8 Å². The van der Waals surface area contributed by atoms with Crippen LogP contribution >= 0.6 is 22.7 Å². The van der Waals surface area contributed by atoms with Gasteiger partial charge in [0.25, 0.3) is 5.78 Å². The predicted molar refractivity (Wildman–Crippen MR) is 136 cm³/mol. The number of Topliss-reactive ketones (excluding diaryl/α,β-unsaturated/α-hetero) is 1. The van der Waals surface area contributed by atoms with E-state index in [4.69, 9.17) is 9.47 Å². The van der Waals surface area contributed by atoms with Crippen LogP contribution in [0.4, 0.5) is 5.13 Å². The molecule has 6 rings (SSSR count). The minimum Gasteiger partial charge on any atom is -0.507 e. The summed E-state index contributed by atoms with van der Waals surface area (Å²) >= 11 is 2.73. The van der Waals surface area contributed by atoms with Gasteiger partial charge in [0.1, 0.15) is 23.3 Å². The van der Waals surface area contributed by atoms with Crippen LogP contribution in [0.15, 0.2) is 53.4 Å². The van der Waals surface area contributed by atoms with Crippen molar-refractivity contribution in [1.82, 2.24) is 4.98 Å².